The van der Waals surface area contributed by atoms with Crippen LogP contribution in [0.3, 0.4) is 0 Å². The predicted molar refractivity (Wildman–Crippen MR) is 276 cm³/mol. The van der Waals surface area contributed by atoms with Crippen molar-refractivity contribution in [3.05, 3.63) is 198 Å². The summed E-state index contributed by atoms with van der Waals surface area (Å²) < 4.78 is 1.26. The van der Waals surface area contributed by atoms with Gasteiger partial charge in [0.1, 0.15) is 0 Å². The minimum Gasteiger partial charge on any atom is -0.135 e. The first-order chi connectivity index (χ1) is 29.9. The van der Waals surface area contributed by atoms with Gasteiger partial charge in [0.2, 0.25) is 0 Å². The smallest absolute Gasteiger partial charge is 0.0361 e. The summed E-state index contributed by atoms with van der Waals surface area (Å²) in [5.74, 6) is 0. The Hall–Kier alpha value is -6.54. The Morgan fingerprint density at radius 2 is 0.855 bits per heavy atom. The third-order valence-electron chi connectivity index (χ3n) is 12.9. The van der Waals surface area contributed by atoms with Gasteiger partial charge in [-0.3, -0.25) is 0 Å². The molecule has 0 atom stereocenters. The summed E-state index contributed by atoms with van der Waals surface area (Å²) in [5, 5.41) is 11.4. The first kappa shape index (κ1) is 39.6. The van der Waals surface area contributed by atoms with Crippen molar-refractivity contribution < 1.29 is 0 Å². The molecule has 0 N–H and O–H groups in total. The summed E-state index contributed by atoms with van der Waals surface area (Å²) in [6, 6.07) is 61.2. The second kappa shape index (κ2) is 15.1. The largest absolute Gasteiger partial charge is 0.135 e. The zero-order valence-corrected chi connectivity index (χ0v) is 37.7. The van der Waals surface area contributed by atoms with Gasteiger partial charge in [-0.25, -0.2) is 0 Å². The van der Waals surface area contributed by atoms with E-state index < -0.39 is 0 Å². The van der Waals surface area contributed by atoms with Crippen LogP contribution in [-0.2, 0) is 10.8 Å². The van der Waals surface area contributed by atoms with Gasteiger partial charge >= 0.3 is 0 Å². The number of rotatable bonds is 6. The average Bonchev–Trinajstić information content (AvgIpc) is 3.62. The van der Waals surface area contributed by atoms with Crippen LogP contribution in [-0.4, -0.2) is 0 Å². The molecule has 1 heteroatoms. The Kier molecular flexibility index (Phi) is 9.65. The molecule has 0 saturated carbocycles. The Balaban J connectivity index is 1.16. The molecule has 1 aromatic heterocycles. The fourth-order valence-corrected chi connectivity index (χ4v) is 10.8. The normalized spacial score (nSPS) is 12.6. The first-order valence-electron chi connectivity index (χ1n) is 21.9. The monoisotopic (exact) mass is 816 g/mol. The Morgan fingerprint density at radius 1 is 0.435 bits per heavy atom. The standard InChI is InChI=1S/C61H52S/c1-9-54-53(33-38(2)56-45-23-13-15-25-47(45)57(39-21-11-10-12-22-39)48-26-16-14-24-46(48)56)44-32-31-40(36-55(44)62-54)58-49-27-17-19-29-51(49)59(52-30-20-18-28-50(52)58)41-34-42(60(3,4)5)37-43(35-41)61(6,7)8/h9-37H,1H2,2-8H3/b38-33+. The molecule has 62 heavy (non-hydrogen) atoms. The van der Waals surface area contributed by atoms with E-state index in [4.69, 9.17) is 0 Å². The highest BCUT2D eigenvalue weighted by atomic mass is 32.1. The summed E-state index contributed by atoms with van der Waals surface area (Å²) in [5.41, 5.74) is 14.1. The molecule has 1 heterocycles. The minimum atomic E-state index is 0.0170. The summed E-state index contributed by atoms with van der Waals surface area (Å²) >= 11 is 1.83. The zero-order valence-electron chi connectivity index (χ0n) is 36.9. The van der Waals surface area contributed by atoms with Gasteiger partial charge in [-0.2, -0.15) is 0 Å². The highest BCUT2D eigenvalue weighted by molar-refractivity contribution is 7.20. The van der Waals surface area contributed by atoms with E-state index in [1.807, 2.05) is 17.4 Å². The second-order valence-electron chi connectivity index (χ2n) is 19.0. The average molecular weight is 817 g/mol. The molecular weight excluding hydrogens is 765 g/mol. The van der Waals surface area contributed by atoms with E-state index >= 15 is 0 Å². The van der Waals surface area contributed by atoms with Gasteiger partial charge in [0.05, 0.1) is 0 Å². The summed E-state index contributed by atoms with van der Waals surface area (Å²) in [6.07, 6.45) is 4.44. The van der Waals surface area contributed by atoms with Crippen LogP contribution in [0.2, 0.25) is 0 Å². The molecule has 0 fully saturated rings. The van der Waals surface area contributed by atoms with E-state index in [1.54, 1.807) is 0 Å². The maximum atomic E-state index is 4.34. The number of hydrogen-bond donors (Lipinski definition) is 0. The second-order valence-corrected chi connectivity index (χ2v) is 20.1. The lowest BCUT2D eigenvalue weighted by atomic mass is 9.77. The van der Waals surface area contributed by atoms with E-state index in [2.05, 4.69) is 225 Å². The molecule has 0 nitrogen and oxygen atoms in total. The fourth-order valence-electron chi connectivity index (χ4n) is 9.74. The number of fused-ring (bicyclic) bond motifs is 5. The van der Waals surface area contributed by atoms with Crippen molar-refractivity contribution in [2.75, 3.05) is 0 Å². The highest BCUT2D eigenvalue weighted by Crippen LogP contribution is 2.48. The quantitative estimate of drug-likeness (QED) is 0.147. The molecule has 302 valence electrons. The summed E-state index contributed by atoms with van der Waals surface area (Å²) in [4.78, 5) is 1.18. The van der Waals surface area contributed by atoms with Crippen LogP contribution in [0.5, 0.6) is 0 Å². The van der Waals surface area contributed by atoms with Gasteiger partial charge < -0.3 is 0 Å². The zero-order chi connectivity index (χ0) is 42.9. The van der Waals surface area contributed by atoms with Crippen molar-refractivity contribution in [3.63, 3.8) is 0 Å². The minimum absolute atomic E-state index is 0.0170. The van der Waals surface area contributed by atoms with Gasteiger partial charge in [0.25, 0.3) is 0 Å². The molecule has 0 aliphatic rings. The van der Waals surface area contributed by atoms with E-state index in [1.165, 1.54) is 119 Å². The Morgan fingerprint density at radius 3 is 1.32 bits per heavy atom. The van der Waals surface area contributed by atoms with Crippen molar-refractivity contribution in [3.8, 4) is 33.4 Å². The van der Waals surface area contributed by atoms with Crippen molar-refractivity contribution >= 4 is 82.2 Å². The van der Waals surface area contributed by atoms with Crippen LogP contribution in [0.25, 0.3) is 104 Å². The van der Waals surface area contributed by atoms with Gasteiger partial charge in [-0.15, -0.1) is 11.3 Å². The topological polar surface area (TPSA) is 0 Å². The maximum absolute atomic E-state index is 4.34. The molecule has 10 aromatic rings. The van der Waals surface area contributed by atoms with Gasteiger partial charge in [-0.05, 0) is 129 Å². The van der Waals surface area contributed by atoms with E-state index in [9.17, 15) is 0 Å². The molecular formula is C61H52S. The lowest BCUT2D eigenvalue weighted by Crippen LogP contribution is -2.16. The molecule has 0 saturated heterocycles. The molecule has 0 spiro atoms. The third-order valence-corrected chi connectivity index (χ3v) is 14.0. The summed E-state index contributed by atoms with van der Waals surface area (Å²) in [7, 11) is 0. The van der Waals surface area contributed by atoms with Crippen LogP contribution in [0.4, 0.5) is 0 Å². The van der Waals surface area contributed by atoms with Gasteiger partial charge in [-0.1, -0.05) is 212 Å². The molecule has 0 unspecified atom stereocenters. The summed E-state index contributed by atoms with van der Waals surface area (Å²) in [6.45, 7) is 20.6. The first-order valence-corrected chi connectivity index (χ1v) is 22.7. The highest BCUT2D eigenvalue weighted by Gasteiger charge is 2.24. The van der Waals surface area contributed by atoms with E-state index in [0.29, 0.717) is 0 Å². The molecule has 0 radical (unpaired) electrons. The fraction of sp³-hybridized carbons (Fsp3) is 0.148. The van der Waals surface area contributed by atoms with Gasteiger partial charge in [0, 0.05) is 20.5 Å². The van der Waals surface area contributed by atoms with Crippen molar-refractivity contribution in [1.29, 1.82) is 0 Å². The van der Waals surface area contributed by atoms with E-state index in [0.717, 1.165) is 0 Å². The van der Waals surface area contributed by atoms with Crippen molar-refractivity contribution in [1.82, 2.24) is 0 Å². The molecule has 0 aliphatic heterocycles. The Bertz CT molecular complexity index is 3280. The number of benzene rings is 9. The maximum Gasteiger partial charge on any atom is 0.0361 e. The lowest BCUT2D eigenvalue weighted by molar-refractivity contribution is 0.569. The molecule has 0 amide bonds. The molecule has 0 bridgehead atoms. The molecule has 9 aromatic carbocycles. The van der Waals surface area contributed by atoms with Crippen LogP contribution < -0.4 is 0 Å². The van der Waals surface area contributed by atoms with Gasteiger partial charge in [0.15, 0.2) is 0 Å². The van der Waals surface area contributed by atoms with Crippen LogP contribution in [0.15, 0.2) is 170 Å². The third kappa shape index (κ3) is 6.68. The van der Waals surface area contributed by atoms with Crippen LogP contribution in [0, 0.1) is 0 Å². The number of hydrogen-bond acceptors (Lipinski definition) is 1. The lowest BCUT2D eigenvalue weighted by Gasteiger charge is -2.27. The molecule has 10 rings (SSSR count). The van der Waals surface area contributed by atoms with Crippen molar-refractivity contribution in [2.45, 2.75) is 59.3 Å². The Labute approximate surface area is 370 Å². The predicted octanol–water partition coefficient (Wildman–Crippen LogP) is 18.3. The number of allylic oxidation sites excluding steroid dienone is 1. The van der Waals surface area contributed by atoms with Crippen LogP contribution >= 0.6 is 11.3 Å². The number of thiophene rings is 1. The molecule has 0 aliphatic carbocycles. The SMILES string of the molecule is C=Cc1sc2cc(-c3c4ccccc4c(-c4cc(C(C)(C)C)cc(C(C)(C)C)c4)c4ccccc34)ccc2c1/C=C(\C)c1c2ccccc2c(-c2ccccc2)c2ccccc12. The van der Waals surface area contributed by atoms with Crippen LogP contribution in [0.1, 0.15) is 75.6 Å². The van der Waals surface area contributed by atoms with Crippen molar-refractivity contribution in [2.24, 2.45) is 0 Å². The van der Waals surface area contributed by atoms with E-state index in [-0.39, 0.29) is 10.8 Å².